The predicted octanol–water partition coefficient (Wildman–Crippen LogP) is 1.55. The van der Waals surface area contributed by atoms with Gasteiger partial charge < -0.3 is 21.1 Å². The first-order valence-electron chi connectivity index (χ1n) is 6.33. The monoisotopic (exact) mass is 355 g/mol. The second-order valence-corrected chi connectivity index (χ2v) is 5.47. The number of halogens is 1. The first-order valence-corrected chi connectivity index (χ1v) is 7.12. The molecule has 1 saturated carbocycles. The highest BCUT2D eigenvalue weighted by Crippen LogP contribution is 2.26. The molecule has 7 nitrogen and oxygen atoms in total. The third kappa shape index (κ3) is 4.45. The third-order valence-corrected chi connectivity index (χ3v) is 3.50. The molecule has 0 heterocycles. The molecule has 0 bridgehead atoms. The van der Waals surface area contributed by atoms with Crippen molar-refractivity contribution in [3.63, 3.8) is 0 Å². The number of carbonyl (C=O) groups is 3. The average molecular weight is 356 g/mol. The van der Waals surface area contributed by atoms with Crippen molar-refractivity contribution < 1.29 is 19.5 Å². The number of carboxylic acid groups (broad SMARTS) is 1. The molecule has 0 aliphatic heterocycles. The van der Waals surface area contributed by atoms with Gasteiger partial charge in [-0.15, -0.1) is 0 Å². The van der Waals surface area contributed by atoms with E-state index in [1.165, 1.54) is 6.07 Å². The maximum absolute atomic E-state index is 11.7. The number of hydrogen-bond donors (Lipinski definition) is 4. The second kappa shape index (κ2) is 6.57. The van der Waals surface area contributed by atoms with Crippen LogP contribution in [0.1, 0.15) is 23.2 Å². The van der Waals surface area contributed by atoms with E-state index in [-0.39, 0.29) is 29.7 Å². The Morgan fingerprint density at radius 2 is 2.00 bits per heavy atom. The van der Waals surface area contributed by atoms with Gasteiger partial charge in [0.05, 0.1) is 17.8 Å². The van der Waals surface area contributed by atoms with Crippen LogP contribution in [0.15, 0.2) is 22.7 Å². The molecule has 8 heteroatoms. The number of anilines is 1. The minimum atomic E-state index is -1.15. The van der Waals surface area contributed by atoms with Gasteiger partial charge in [-0.3, -0.25) is 4.79 Å². The normalized spacial score (nSPS) is 13.4. The number of amides is 3. The van der Waals surface area contributed by atoms with E-state index < -0.39 is 12.0 Å². The van der Waals surface area contributed by atoms with E-state index in [0.717, 1.165) is 12.8 Å². The van der Waals surface area contributed by atoms with Gasteiger partial charge in [-0.25, -0.2) is 9.59 Å². The Bertz CT molecular complexity index is 587. The van der Waals surface area contributed by atoms with Crippen LogP contribution in [0.3, 0.4) is 0 Å². The summed E-state index contributed by atoms with van der Waals surface area (Å²) in [6.07, 6.45) is 1.94. The second-order valence-electron chi connectivity index (χ2n) is 4.62. The Hall–Kier alpha value is -2.09. The van der Waals surface area contributed by atoms with Gasteiger partial charge in [0.2, 0.25) is 5.91 Å². The van der Waals surface area contributed by atoms with Crippen molar-refractivity contribution in [1.29, 1.82) is 0 Å². The molecule has 1 aliphatic carbocycles. The van der Waals surface area contributed by atoms with E-state index in [9.17, 15) is 14.4 Å². The first kappa shape index (κ1) is 15.3. The highest BCUT2D eigenvalue weighted by atomic mass is 79.9. The molecule has 0 radical (unpaired) electrons. The maximum Gasteiger partial charge on any atom is 0.337 e. The van der Waals surface area contributed by atoms with E-state index in [0.29, 0.717) is 4.47 Å². The summed E-state index contributed by atoms with van der Waals surface area (Å²) >= 11 is 3.18. The predicted molar refractivity (Wildman–Crippen MR) is 79.3 cm³/mol. The van der Waals surface area contributed by atoms with Crippen molar-refractivity contribution in [1.82, 2.24) is 10.6 Å². The fourth-order valence-corrected chi connectivity index (χ4v) is 2.12. The summed E-state index contributed by atoms with van der Waals surface area (Å²) in [5, 5.41) is 16.6. The zero-order chi connectivity index (χ0) is 15.4. The van der Waals surface area contributed by atoms with Crippen molar-refractivity contribution in [2.75, 3.05) is 11.9 Å². The standard InChI is InChI=1S/C13H14BrN3O4/c14-9-3-1-2-8(12(19)20)11(9)17-13(21)15-6-10(18)16-7-4-5-7/h1-3,7H,4-6H2,(H,16,18)(H,19,20)(H2,15,17,21). The van der Waals surface area contributed by atoms with E-state index >= 15 is 0 Å². The number of carbonyl (C=O) groups excluding carboxylic acids is 2. The number of hydrogen-bond acceptors (Lipinski definition) is 3. The van der Waals surface area contributed by atoms with Gasteiger partial charge in [0.25, 0.3) is 0 Å². The van der Waals surface area contributed by atoms with Gasteiger partial charge in [-0.1, -0.05) is 6.07 Å². The summed E-state index contributed by atoms with van der Waals surface area (Å²) in [4.78, 5) is 34.3. The zero-order valence-electron chi connectivity index (χ0n) is 11.0. The Morgan fingerprint density at radius 3 is 2.62 bits per heavy atom. The highest BCUT2D eigenvalue weighted by Gasteiger charge is 2.23. The smallest absolute Gasteiger partial charge is 0.337 e. The van der Waals surface area contributed by atoms with Crippen LogP contribution >= 0.6 is 15.9 Å². The lowest BCUT2D eigenvalue weighted by Gasteiger charge is -2.11. The van der Waals surface area contributed by atoms with Crippen molar-refractivity contribution in [3.8, 4) is 0 Å². The molecule has 1 aromatic carbocycles. The summed E-state index contributed by atoms with van der Waals surface area (Å²) in [6, 6.07) is 4.13. The number of para-hydroxylation sites is 1. The summed E-state index contributed by atoms with van der Waals surface area (Å²) in [5.74, 6) is -1.42. The van der Waals surface area contributed by atoms with Gasteiger partial charge in [0.15, 0.2) is 0 Å². The summed E-state index contributed by atoms with van der Waals surface area (Å²) < 4.78 is 0.444. The van der Waals surface area contributed by atoms with Crippen LogP contribution in [-0.4, -0.2) is 35.6 Å². The summed E-state index contributed by atoms with van der Waals surface area (Å²) in [5.41, 5.74) is 0.104. The van der Waals surface area contributed by atoms with E-state index in [1.54, 1.807) is 12.1 Å². The molecule has 0 aromatic heterocycles. The number of benzene rings is 1. The van der Waals surface area contributed by atoms with Crippen LogP contribution in [0.5, 0.6) is 0 Å². The molecule has 0 saturated heterocycles. The first-order chi connectivity index (χ1) is 9.97. The van der Waals surface area contributed by atoms with Crippen molar-refractivity contribution in [2.45, 2.75) is 18.9 Å². The van der Waals surface area contributed by atoms with Crippen molar-refractivity contribution in [2.24, 2.45) is 0 Å². The minimum Gasteiger partial charge on any atom is -0.478 e. The fraction of sp³-hybridized carbons (Fsp3) is 0.308. The molecule has 0 spiro atoms. The fourth-order valence-electron chi connectivity index (χ4n) is 1.65. The van der Waals surface area contributed by atoms with E-state index in [4.69, 9.17) is 5.11 Å². The lowest BCUT2D eigenvalue weighted by molar-refractivity contribution is -0.120. The molecule has 3 amide bonds. The molecule has 1 fully saturated rings. The molecule has 2 rings (SSSR count). The van der Waals surface area contributed by atoms with Crippen LogP contribution in [0.2, 0.25) is 0 Å². The number of nitrogens with one attached hydrogen (secondary N) is 3. The number of carboxylic acids is 1. The summed E-state index contributed by atoms with van der Waals surface area (Å²) in [6.45, 7) is -0.158. The van der Waals surface area contributed by atoms with Crippen LogP contribution in [-0.2, 0) is 4.79 Å². The number of urea groups is 1. The number of rotatable bonds is 5. The maximum atomic E-state index is 11.7. The van der Waals surface area contributed by atoms with Gasteiger partial charge in [-0.2, -0.15) is 0 Å². The quantitative estimate of drug-likeness (QED) is 0.642. The Balaban J connectivity index is 1.92. The molecule has 0 unspecified atom stereocenters. The Morgan fingerprint density at radius 1 is 1.29 bits per heavy atom. The van der Waals surface area contributed by atoms with E-state index in [2.05, 4.69) is 31.9 Å². The van der Waals surface area contributed by atoms with Crippen LogP contribution in [0.4, 0.5) is 10.5 Å². The largest absolute Gasteiger partial charge is 0.478 e. The number of aromatic carboxylic acids is 1. The van der Waals surface area contributed by atoms with Crippen molar-refractivity contribution in [3.05, 3.63) is 28.2 Å². The van der Waals surface area contributed by atoms with Crippen LogP contribution in [0, 0.1) is 0 Å². The molecule has 1 aromatic rings. The molecule has 0 atom stereocenters. The molecule has 21 heavy (non-hydrogen) atoms. The van der Waals surface area contributed by atoms with Crippen molar-refractivity contribution >= 4 is 39.5 Å². The zero-order valence-corrected chi connectivity index (χ0v) is 12.6. The average Bonchev–Trinajstić information content (AvgIpc) is 3.22. The topological polar surface area (TPSA) is 108 Å². The third-order valence-electron chi connectivity index (χ3n) is 2.83. The SMILES string of the molecule is O=C(CNC(=O)Nc1c(Br)cccc1C(=O)O)NC1CC1. The minimum absolute atomic E-state index is 0.0399. The van der Waals surface area contributed by atoms with E-state index in [1.807, 2.05) is 0 Å². The molecular formula is C13H14BrN3O4. The van der Waals surface area contributed by atoms with Crippen LogP contribution in [0.25, 0.3) is 0 Å². The van der Waals surface area contributed by atoms with Gasteiger partial charge in [0, 0.05) is 10.5 Å². The molecular weight excluding hydrogens is 342 g/mol. The van der Waals surface area contributed by atoms with Gasteiger partial charge >= 0.3 is 12.0 Å². The molecule has 112 valence electrons. The highest BCUT2D eigenvalue weighted by molar-refractivity contribution is 9.10. The van der Waals surface area contributed by atoms with Crippen LogP contribution < -0.4 is 16.0 Å². The van der Waals surface area contributed by atoms with Gasteiger partial charge in [-0.05, 0) is 40.9 Å². The summed E-state index contributed by atoms with van der Waals surface area (Å²) in [7, 11) is 0. The Kier molecular flexibility index (Phi) is 4.79. The van der Waals surface area contributed by atoms with Gasteiger partial charge in [0.1, 0.15) is 0 Å². The molecule has 4 N–H and O–H groups in total. The Labute approximate surface area is 129 Å². The molecule has 1 aliphatic rings. The lowest BCUT2D eigenvalue weighted by Crippen LogP contribution is -2.39. The lowest BCUT2D eigenvalue weighted by atomic mass is 10.2.